The average Bonchev–Trinajstić information content (AvgIpc) is 2.26. The highest BCUT2D eigenvalue weighted by Gasteiger charge is 2.09. The maximum absolute atomic E-state index is 10.5. The van der Waals surface area contributed by atoms with Crippen LogP contribution >= 0.6 is 0 Å². The lowest BCUT2D eigenvalue weighted by Gasteiger charge is -2.06. The zero-order valence-corrected chi connectivity index (χ0v) is 8.97. The number of nitro benzene ring substituents is 1. The van der Waals surface area contributed by atoms with Crippen molar-refractivity contribution >= 4 is 5.69 Å². The summed E-state index contributed by atoms with van der Waals surface area (Å²) in [5.41, 5.74) is 0.478. The molecule has 0 saturated heterocycles. The highest BCUT2D eigenvalue weighted by Crippen LogP contribution is 2.22. The van der Waals surface area contributed by atoms with Gasteiger partial charge in [-0.05, 0) is 6.07 Å². The van der Waals surface area contributed by atoms with E-state index in [1.807, 2.05) is 0 Å². The van der Waals surface area contributed by atoms with Crippen LogP contribution in [0.2, 0.25) is 0 Å². The lowest BCUT2D eigenvalue weighted by molar-refractivity contribution is -0.384. The molecule has 0 saturated carbocycles. The van der Waals surface area contributed by atoms with Crippen molar-refractivity contribution in [3.63, 3.8) is 0 Å². The Labute approximate surface area is 93.0 Å². The first-order valence-corrected chi connectivity index (χ1v) is 4.81. The van der Waals surface area contributed by atoms with Crippen LogP contribution in [0, 0.1) is 10.1 Å². The van der Waals surface area contributed by atoms with E-state index in [1.165, 1.54) is 18.2 Å². The molecule has 0 amide bonds. The van der Waals surface area contributed by atoms with E-state index < -0.39 is 4.92 Å². The van der Waals surface area contributed by atoms with Gasteiger partial charge in [-0.25, -0.2) is 0 Å². The molecule has 6 heteroatoms. The molecule has 0 unspecified atom stereocenters. The summed E-state index contributed by atoms with van der Waals surface area (Å²) in [4.78, 5) is 10.0. The van der Waals surface area contributed by atoms with Crippen molar-refractivity contribution in [3.05, 3.63) is 33.9 Å². The van der Waals surface area contributed by atoms with Gasteiger partial charge in [-0.2, -0.15) is 0 Å². The molecule has 88 valence electrons. The molecular weight excluding hydrogens is 212 g/mol. The fraction of sp³-hybridized carbons (Fsp3) is 0.400. The Morgan fingerprint density at radius 2 is 2.31 bits per heavy atom. The minimum atomic E-state index is -0.488. The molecule has 2 N–H and O–H groups in total. The van der Waals surface area contributed by atoms with Crippen molar-refractivity contribution in [1.29, 1.82) is 0 Å². The summed E-state index contributed by atoms with van der Waals surface area (Å²) >= 11 is 0. The van der Waals surface area contributed by atoms with E-state index in [0.29, 0.717) is 25.3 Å². The van der Waals surface area contributed by atoms with Crippen molar-refractivity contribution in [2.24, 2.45) is 0 Å². The molecule has 16 heavy (non-hydrogen) atoms. The Morgan fingerprint density at radius 3 is 2.94 bits per heavy atom. The largest absolute Gasteiger partial charge is 0.508 e. The minimum absolute atomic E-state index is 0.0265. The number of rotatable bonds is 6. The molecule has 0 bridgehead atoms. The molecule has 0 fully saturated rings. The summed E-state index contributed by atoms with van der Waals surface area (Å²) in [5, 5.41) is 23.0. The van der Waals surface area contributed by atoms with E-state index in [2.05, 4.69) is 5.32 Å². The SMILES string of the molecule is COCCNCc1cc([N+](=O)[O-])ccc1O. The zero-order chi connectivity index (χ0) is 12.0. The van der Waals surface area contributed by atoms with E-state index in [4.69, 9.17) is 4.74 Å². The molecule has 1 rings (SSSR count). The monoisotopic (exact) mass is 226 g/mol. The predicted octanol–water partition coefficient (Wildman–Crippen LogP) is 1.04. The van der Waals surface area contributed by atoms with Gasteiger partial charge in [-0.15, -0.1) is 0 Å². The average molecular weight is 226 g/mol. The maximum atomic E-state index is 10.5. The van der Waals surface area contributed by atoms with Crippen molar-refractivity contribution in [2.45, 2.75) is 6.54 Å². The fourth-order valence-corrected chi connectivity index (χ4v) is 1.22. The molecule has 0 aliphatic carbocycles. The number of phenolic OH excluding ortho intramolecular Hbond substituents is 1. The van der Waals surface area contributed by atoms with Crippen LogP contribution in [0.5, 0.6) is 5.75 Å². The maximum Gasteiger partial charge on any atom is 0.270 e. The van der Waals surface area contributed by atoms with Gasteiger partial charge in [0.2, 0.25) is 0 Å². The molecule has 6 nitrogen and oxygen atoms in total. The zero-order valence-electron chi connectivity index (χ0n) is 8.97. The van der Waals surface area contributed by atoms with Crippen molar-refractivity contribution < 1.29 is 14.8 Å². The number of hydrogen-bond acceptors (Lipinski definition) is 5. The second-order valence-electron chi connectivity index (χ2n) is 3.24. The summed E-state index contributed by atoms with van der Waals surface area (Å²) in [6.07, 6.45) is 0. The molecule has 0 aromatic heterocycles. The number of nitrogens with zero attached hydrogens (tertiary/aromatic N) is 1. The summed E-state index contributed by atoms with van der Waals surface area (Å²) in [5.74, 6) is 0.0514. The van der Waals surface area contributed by atoms with E-state index >= 15 is 0 Å². The summed E-state index contributed by atoms with van der Waals surface area (Å²) < 4.78 is 4.84. The van der Waals surface area contributed by atoms with Crippen LogP contribution < -0.4 is 5.32 Å². The van der Waals surface area contributed by atoms with Crippen LogP contribution in [0.4, 0.5) is 5.69 Å². The number of ether oxygens (including phenoxy) is 1. The Balaban J connectivity index is 2.63. The van der Waals surface area contributed by atoms with Crippen LogP contribution in [-0.4, -0.2) is 30.3 Å². The third-order valence-electron chi connectivity index (χ3n) is 2.07. The molecular formula is C10H14N2O4. The van der Waals surface area contributed by atoms with E-state index in [0.717, 1.165) is 0 Å². The second-order valence-corrected chi connectivity index (χ2v) is 3.24. The summed E-state index contributed by atoms with van der Waals surface area (Å²) in [6.45, 7) is 1.55. The van der Waals surface area contributed by atoms with Gasteiger partial charge in [-0.1, -0.05) is 0 Å². The predicted molar refractivity (Wildman–Crippen MR) is 58.3 cm³/mol. The fourth-order valence-electron chi connectivity index (χ4n) is 1.22. The van der Waals surface area contributed by atoms with Crippen LogP contribution in [0.15, 0.2) is 18.2 Å². The van der Waals surface area contributed by atoms with Crippen LogP contribution in [0.1, 0.15) is 5.56 Å². The van der Waals surface area contributed by atoms with Gasteiger partial charge >= 0.3 is 0 Å². The van der Waals surface area contributed by atoms with Crippen molar-refractivity contribution in [2.75, 3.05) is 20.3 Å². The Bertz CT molecular complexity index is 368. The van der Waals surface area contributed by atoms with Gasteiger partial charge in [0.1, 0.15) is 5.75 Å². The third-order valence-corrected chi connectivity index (χ3v) is 2.07. The first-order chi connectivity index (χ1) is 7.65. The second kappa shape index (κ2) is 6.04. The van der Waals surface area contributed by atoms with Crippen LogP contribution in [0.3, 0.4) is 0 Å². The van der Waals surface area contributed by atoms with Gasteiger partial charge in [0, 0.05) is 37.9 Å². The number of methoxy groups -OCH3 is 1. The number of non-ortho nitro benzene ring substituents is 1. The lowest BCUT2D eigenvalue weighted by Crippen LogP contribution is -2.18. The number of nitro groups is 1. The Kier molecular flexibility index (Phi) is 4.68. The molecule has 1 aromatic carbocycles. The number of aromatic hydroxyl groups is 1. The highest BCUT2D eigenvalue weighted by molar-refractivity contribution is 5.42. The quantitative estimate of drug-likeness (QED) is 0.430. The summed E-state index contributed by atoms with van der Waals surface area (Å²) in [6, 6.07) is 3.95. The molecule has 0 radical (unpaired) electrons. The summed E-state index contributed by atoms with van der Waals surface area (Å²) in [7, 11) is 1.59. The van der Waals surface area contributed by atoms with Gasteiger partial charge in [-0.3, -0.25) is 10.1 Å². The highest BCUT2D eigenvalue weighted by atomic mass is 16.6. The van der Waals surface area contributed by atoms with E-state index in [1.54, 1.807) is 7.11 Å². The number of benzene rings is 1. The molecule has 0 atom stereocenters. The molecule has 0 aliphatic heterocycles. The van der Waals surface area contributed by atoms with Crippen molar-refractivity contribution in [1.82, 2.24) is 5.32 Å². The Hall–Kier alpha value is -1.66. The first-order valence-electron chi connectivity index (χ1n) is 4.81. The van der Waals surface area contributed by atoms with Crippen molar-refractivity contribution in [3.8, 4) is 5.75 Å². The molecule has 0 heterocycles. The van der Waals surface area contributed by atoms with Gasteiger partial charge in [0.25, 0.3) is 5.69 Å². The number of nitrogens with one attached hydrogen (secondary N) is 1. The van der Waals surface area contributed by atoms with Crippen LogP contribution in [0.25, 0.3) is 0 Å². The van der Waals surface area contributed by atoms with E-state index in [-0.39, 0.29) is 11.4 Å². The normalized spacial score (nSPS) is 10.3. The number of hydrogen-bond donors (Lipinski definition) is 2. The van der Waals surface area contributed by atoms with Crippen LogP contribution in [-0.2, 0) is 11.3 Å². The topological polar surface area (TPSA) is 84.6 Å². The Morgan fingerprint density at radius 1 is 1.56 bits per heavy atom. The van der Waals surface area contributed by atoms with Gasteiger partial charge in [0.15, 0.2) is 0 Å². The third kappa shape index (κ3) is 3.48. The standard InChI is InChI=1S/C10H14N2O4/c1-16-5-4-11-7-8-6-9(12(14)15)2-3-10(8)13/h2-3,6,11,13H,4-5,7H2,1H3. The first kappa shape index (κ1) is 12.4. The molecule has 1 aromatic rings. The molecule has 0 spiro atoms. The van der Waals surface area contributed by atoms with Gasteiger partial charge < -0.3 is 15.2 Å². The number of phenols is 1. The lowest BCUT2D eigenvalue weighted by atomic mass is 10.2. The van der Waals surface area contributed by atoms with Gasteiger partial charge in [0.05, 0.1) is 11.5 Å². The minimum Gasteiger partial charge on any atom is -0.508 e. The molecule has 0 aliphatic rings. The van der Waals surface area contributed by atoms with E-state index in [9.17, 15) is 15.2 Å². The smallest absolute Gasteiger partial charge is 0.270 e.